The molecule has 1 amide bonds. The zero-order valence-electron chi connectivity index (χ0n) is 7.78. The lowest BCUT2D eigenvalue weighted by atomic mass is 10.3. The van der Waals surface area contributed by atoms with Crippen LogP contribution in [0.4, 0.5) is 10.5 Å². The Morgan fingerprint density at radius 3 is 2.93 bits per heavy atom. The Morgan fingerprint density at radius 2 is 2.27 bits per heavy atom. The second-order valence-corrected chi connectivity index (χ2v) is 3.33. The molecule has 2 aromatic rings. The molecule has 1 heterocycles. The lowest BCUT2D eigenvalue weighted by Gasteiger charge is -2.12. The van der Waals surface area contributed by atoms with E-state index in [9.17, 15) is 9.59 Å². The molecule has 1 aromatic carbocycles. The maximum Gasteiger partial charge on any atom is 0.417 e. The first-order chi connectivity index (χ1) is 7.08. The standard InChI is InChI=1S/C9H7ClN2O3/c1-12(8(10)13)5-2-3-6-7(4-5)15-9(14)11-6/h2-4H,1H3,(H,11,14). The SMILES string of the molecule is CN(C(=O)Cl)c1ccc2[nH]c(=O)oc2c1. The van der Waals surface area contributed by atoms with Gasteiger partial charge in [0.1, 0.15) is 0 Å². The van der Waals surface area contributed by atoms with E-state index in [2.05, 4.69) is 4.98 Å². The molecule has 0 saturated carbocycles. The maximum atomic E-state index is 10.9. The predicted octanol–water partition coefficient (Wildman–Crippen LogP) is 1.92. The number of carbonyl (C=O) groups is 1. The third-order valence-electron chi connectivity index (χ3n) is 2.06. The zero-order valence-corrected chi connectivity index (χ0v) is 8.54. The summed E-state index contributed by atoms with van der Waals surface area (Å²) in [7, 11) is 1.53. The molecular weight excluding hydrogens is 220 g/mol. The number of nitrogens with zero attached hydrogens (tertiary/aromatic N) is 1. The molecule has 78 valence electrons. The Morgan fingerprint density at radius 1 is 1.53 bits per heavy atom. The third-order valence-corrected chi connectivity index (χ3v) is 2.31. The largest absolute Gasteiger partial charge is 0.417 e. The third kappa shape index (κ3) is 1.73. The van der Waals surface area contributed by atoms with Crippen LogP contribution in [-0.2, 0) is 0 Å². The quantitative estimate of drug-likeness (QED) is 0.597. The summed E-state index contributed by atoms with van der Waals surface area (Å²) in [5.41, 5.74) is 1.53. The minimum Gasteiger partial charge on any atom is -0.408 e. The van der Waals surface area contributed by atoms with Gasteiger partial charge in [0.2, 0.25) is 0 Å². The average molecular weight is 227 g/mol. The molecule has 0 aliphatic heterocycles. The second-order valence-electron chi connectivity index (χ2n) is 3.01. The number of carbonyl (C=O) groups excluding carboxylic acids is 1. The van der Waals surface area contributed by atoms with E-state index >= 15 is 0 Å². The summed E-state index contributed by atoms with van der Waals surface area (Å²) < 4.78 is 4.85. The van der Waals surface area contributed by atoms with Crippen molar-refractivity contribution in [2.24, 2.45) is 0 Å². The van der Waals surface area contributed by atoms with Crippen molar-refractivity contribution in [3.05, 3.63) is 28.7 Å². The normalized spacial score (nSPS) is 10.5. The summed E-state index contributed by atoms with van der Waals surface area (Å²) in [5, 5.41) is -0.604. The van der Waals surface area contributed by atoms with Crippen molar-refractivity contribution < 1.29 is 9.21 Å². The molecule has 0 atom stereocenters. The van der Waals surface area contributed by atoms with Crippen LogP contribution in [0.25, 0.3) is 11.1 Å². The molecule has 0 saturated heterocycles. The fraction of sp³-hybridized carbons (Fsp3) is 0.111. The van der Waals surface area contributed by atoms with E-state index in [-0.39, 0.29) is 0 Å². The minimum absolute atomic E-state index is 0.391. The summed E-state index contributed by atoms with van der Waals surface area (Å²) in [6, 6.07) is 4.87. The monoisotopic (exact) mass is 226 g/mol. The van der Waals surface area contributed by atoms with Gasteiger partial charge in [0, 0.05) is 18.8 Å². The van der Waals surface area contributed by atoms with E-state index in [1.807, 2.05) is 0 Å². The van der Waals surface area contributed by atoms with Crippen LogP contribution in [0, 0.1) is 0 Å². The first-order valence-electron chi connectivity index (χ1n) is 4.14. The van der Waals surface area contributed by atoms with Gasteiger partial charge in [-0.1, -0.05) is 0 Å². The van der Waals surface area contributed by atoms with E-state index < -0.39 is 11.1 Å². The van der Waals surface area contributed by atoms with Gasteiger partial charge in [-0.25, -0.2) is 4.79 Å². The molecule has 6 heteroatoms. The molecule has 0 radical (unpaired) electrons. The van der Waals surface area contributed by atoms with Crippen LogP contribution in [0.5, 0.6) is 0 Å². The van der Waals surface area contributed by atoms with Gasteiger partial charge in [0.05, 0.1) is 5.52 Å². The number of aromatic amines is 1. The van der Waals surface area contributed by atoms with Crippen LogP contribution in [0.3, 0.4) is 0 Å². The fourth-order valence-corrected chi connectivity index (χ4v) is 1.34. The average Bonchev–Trinajstić information content (AvgIpc) is 2.55. The first-order valence-corrected chi connectivity index (χ1v) is 4.52. The molecular formula is C9H7ClN2O3. The van der Waals surface area contributed by atoms with Crippen LogP contribution >= 0.6 is 11.6 Å². The van der Waals surface area contributed by atoms with E-state index in [0.717, 1.165) is 0 Å². The van der Waals surface area contributed by atoms with Gasteiger partial charge in [-0.05, 0) is 23.7 Å². The number of fused-ring (bicyclic) bond motifs is 1. The topological polar surface area (TPSA) is 66.3 Å². The molecule has 5 nitrogen and oxygen atoms in total. The van der Waals surface area contributed by atoms with Gasteiger partial charge in [0.25, 0.3) is 0 Å². The van der Waals surface area contributed by atoms with Crippen LogP contribution in [0.15, 0.2) is 27.4 Å². The van der Waals surface area contributed by atoms with Gasteiger partial charge in [-0.3, -0.25) is 9.78 Å². The summed E-state index contributed by atoms with van der Waals surface area (Å²) in [5.74, 6) is -0.526. The summed E-state index contributed by atoms with van der Waals surface area (Å²) in [4.78, 5) is 25.5. The second kappa shape index (κ2) is 3.43. The molecule has 15 heavy (non-hydrogen) atoms. The Hall–Kier alpha value is -1.75. The van der Waals surface area contributed by atoms with Gasteiger partial charge in [0.15, 0.2) is 5.58 Å². The molecule has 0 fully saturated rings. The van der Waals surface area contributed by atoms with Gasteiger partial charge in [-0.2, -0.15) is 0 Å². The lowest BCUT2D eigenvalue weighted by Crippen LogP contribution is -2.19. The highest BCUT2D eigenvalue weighted by molar-refractivity contribution is 6.66. The minimum atomic E-state index is -0.604. The van der Waals surface area contributed by atoms with Crippen molar-refractivity contribution in [2.75, 3.05) is 11.9 Å². The maximum absolute atomic E-state index is 10.9. The number of halogens is 1. The molecule has 0 bridgehead atoms. The fourth-order valence-electron chi connectivity index (χ4n) is 1.24. The summed E-state index contributed by atoms with van der Waals surface area (Å²) >= 11 is 5.31. The number of aromatic nitrogens is 1. The molecule has 0 unspecified atom stereocenters. The molecule has 0 aliphatic rings. The van der Waals surface area contributed by atoms with Crippen molar-refractivity contribution in [3.8, 4) is 0 Å². The predicted molar refractivity (Wildman–Crippen MR) is 56.5 cm³/mol. The van der Waals surface area contributed by atoms with Crippen LogP contribution in [0.2, 0.25) is 0 Å². The highest BCUT2D eigenvalue weighted by Crippen LogP contribution is 2.20. The van der Waals surface area contributed by atoms with Crippen LogP contribution in [0.1, 0.15) is 0 Å². The summed E-state index contributed by atoms with van der Waals surface area (Å²) in [6.07, 6.45) is 0. The number of hydrogen-bond donors (Lipinski definition) is 1. The summed E-state index contributed by atoms with van der Waals surface area (Å²) in [6.45, 7) is 0. The van der Waals surface area contributed by atoms with Crippen LogP contribution in [-0.4, -0.2) is 17.4 Å². The van der Waals surface area contributed by atoms with Crippen molar-refractivity contribution in [1.82, 2.24) is 4.98 Å². The van der Waals surface area contributed by atoms with Gasteiger partial charge < -0.3 is 9.32 Å². The van der Waals surface area contributed by atoms with Crippen molar-refractivity contribution >= 4 is 33.8 Å². The van der Waals surface area contributed by atoms with Gasteiger partial charge in [-0.15, -0.1) is 0 Å². The van der Waals surface area contributed by atoms with E-state index in [0.29, 0.717) is 16.8 Å². The Labute approximate surface area is 89.2 Å². The number of nitrogens with one attached hydrogen (secondary N) is 1. The van der Waals surface area contributed by atoms with E-state index in [4.69, 9.17) is 16.0 Å². The number of benzene rings is 1. The first kappa shape index (κ1) is 9.79. The highest BCUT2D eigenvalue weighted by Gasteiger charge is 2.09. The Balaban J connectivity index is 2.55. The zero-order chi connectivity index (χ0) is 11.0. The smallest absolute Gasteiger partial charge is 0.408 e. The Bertz CT molecular complexity index is 572. The molecule has 1 N–H and O–H groups in total. The lowest BCUT2D eigenvalue weighted by molar-refractivity contribution is 0.265. The van der Waals surface area contributed by atoms with E-state index in [1.165, 1.54) is 11.9 Å². The van der Waals surface area contributed by atoms with Crippen LogP contribution < -0.4 is 10.7 Å². The Kier molecular flexibility index (Phi) is 2.24. The highest BCUT2D eigenvalue weighted by atomic mass is 35.5. The van der Waals surface area contributed by atoms with Crippen molar-refractivity contribution in [2.45, 2.75) is 0 Å². The molecule has 2 rings (SSSR count). The number of amides is 1. The van der Waals surface area contributed by atoms with Gasteiger partial charge >= 0.3 is 11.1 Å². The molecule has 1 aromatic heterocycles. The number of H-pyrrole nitrogens is 1. The number of rotatable bonds is 1. The number of oxazole rings is 1. The molecule has 0 aliphatic carbocycles. The molecule has 0 spiro atoms. The van der Waals surface area contributed by atoms with Crippen molar-refractivity contribution in [1.29, 1.82) is 0 Å². The number of anilines is 1. The number of hydrogen-bond acceptors (Lipinski definition) is 3. The van der Waals surface area contributed by atoms with E-state index in [1.54, 1.807) is 18.2 Å². The van der Waals surface area contributed by atoms with Crippen molar-refractivity contribution in [3.63, 3.8) is 0 Å².